The third kappa shape index (κ3) is 4.03. The van der Waals surface area contributed by atoms with Crippen molar-refractivity contribution in [3.63, 3.8) is 0 Å². The van der Waals surface area contributed by atoms with Crippen LogP contribution in [0.5, 0.6) is 0 Å². The Kier molecular flexibility index (Phi) is 4.46. The number of ether oxygens (including phenoxy) is 1. The number of esters is 1. The standard InChI is InChI=1S/C13H15FN2O3/c14-10-1-3-11(4-2-10)16-12(17)7-9-8-15-5-6-19-13(9)18/h1-4,9,15H,5-8H2,(H,16,17). The van der Waals surface area contributed by atoms with E-state index in [2.05, 4.69) is 10.6 Å². The smallest absolute Gasteiger partial charge is 0.310 e. The van der Waals surface area contributed by atoms with Crippen LogP contribution in [-0.4, -0.2) is 31.6 Å². The van der Waals surface area contributed by atoms with Crippen molar-refractivity contribution < 1.29 is 18.7 Å². The molecule has 1 fully saturated rings. The number of cyclic esters (lactones) is 1. The lowest BCUT2D eigenvalue weighted by atomic mass is 10.1. The Labute approximate surface area is 110 Å². The number of halogens is 1. The molecule has 2 rings (SSSR count). The van der Waals surface area contributed by atoms with E-state index in [1.54, 1.807) is 0 Å². The number of rotatable bonds is 3. The van der Waals surface area contributed by atoms with Gasteiger partial charge in [-0.15, -0.1) is 0 Å². The van der Waals surface area contributed by atoms with Crippen molar-refractivity contribution in [1.29, 1.82) is 0 Å². The van der Waals surface area contributed by atoms with E-state index < -0.39 is 5.92 Å². The van der Waals surface area contributed by atoms with E-state index in [9.17, 15) is 14.0 Å². The molecule has 1 atom stereocenters. The average molecular weight is 266 g/mol. The van der Waals surface area contributed by atoms with Gasteiger partial charge in [0.05, 0.1) is 5.92 Å². The van der Waals surface area contributed by atoms with Gasteiger partial charge in [-0.3, -0.25) is 9.59 Å². The maximum absolute atomic E-state index is 12.7. The largest absolute Gasteiger partial charge is 0.464 e. The molecule has 1 aliphatic rings. The van der Waals surface area contributed by atoms with E-state index in [1.165, 1.54) is 24.3 Å². The Hall–Kier alpha value is -1.95. The molecule has 5 nitrogen and oxygen atoms in total. The molecule has 0 saturated carbocycles. The molecule has 0 bridgehead atoms. The number of nitrogens with one attached hydrogen (secondary N) is 2. The van der Waals surface area contributed by atoms with Crippen molar-refractivity contribution in [3.8, 4) is 0 Å². The fraction of sp³-hybridized carbons (Fsp3) is 0.385. The number of amides is 1. The molecule has 1 aromatic carbocycles. The summed E-state index contributed by atoms with van der Waals surface area (Å²) in [5.74, 6) is -1.51. The van der Waals surface area contributed by atoms with Crippen LogP contribution in [0.2, 0.25) is 0 Å². The summed E-state index contributed by atoms with van der Waals surface area (Å²) in [6.07, 6.45) is 0.0449. The van der Waals surface area contributed by atoms with Crippen LogP contribution in [0, 0.1) is 11.7 Å². The molecule has 1 saturated heterocycles. The zero-order valence-corrected chi connectivity index (χ0v) is 10.3. The summed E-state index contributed by atoms with van der Waals surface area (Å²) in [5, 5.41) is 5.65. The van der Waals surface area contributed by atoms with Gasteiger partial charge >= 0.3 is 5.97 Å². The lowest BCUT2D eigenvalue weighted by Gasteiger charge is -2.12. The summed E-state index contributed by atoms with van der Waals surface area (Å²) in [6.45, 7) is 1.35. The van der Waals surface area contributed by atoms with Crippen LogP contribution < -0.4 is 10.6 Å². The first kappa shape index (κ1) is 13.5. The average Bonchev–Trinajstić information content (AvgIpc) is 2.58. The lowest BCUT2D eigenvalue weighted by molar-refractivity contribution is -0.148. The molecule has 6 heteroatoms. The van der Waals surface area contributed by atoms with Gasteiger partial charge in [0, 0.05) is 25.2 Å². The molecule has 2 N–H and O–H groups in total. The topological polar surface area (TPSA) is 67.4 Å². The van der Waals surface area contributed by atoms with E-state index in [4.69, 9.17) is 4.74 Å². The van der Waals surface area contributed by atoms with Crippen molar-refractivity contribution in [2.24, 2.45) is 5.92 Å². The maximum atomic E-state index is 12.7. The van der Waals surface area contributed by atoms with Gasteiger partial charge in [0.25, 0.3) is 0 Å². The SMILES string of the molecule is O=C(CC1CNCCOC1=O)Nc1ccc(F)cc1. The molecule has 1 aromatic rings. The molecule has 0 spiro atoms. The van der Waals surface area contributed by atoms with Gasteiger partial charge in [-0.25, -0.2) is 4.39 Å². The minimum absolute atomic E-state index is 0.0449. The molecule has 0 radical (unpaired) electrons. The summed E-state index contributed by atoms with van der Waals surface area (Å²) in [4.78, 5) is 23.3. The second kappa shape index (κ2) is 6.29. The quantitative estimate of drug-likeness (QED) is 0.798. The second-order valence-corrected chi connectivity index (χ2v) is 4.33. The first-order valence-corrected chi connectivity index (χ1v) is 6.08. The first-order valence-electron chi connectivity index (χ1n) is 6.08. The molecule has 19 heavy (non-hydrogen) atoms. The zero-order valence-electron chi connectivity index (χ0n) is 10.3. The van der Waals surface area contributed by atoms with Crippen molar-refractivity contribution in [2.75, 3.05) is 25.0 Å². The second-order valence-electron chi connectivity index (χ2n) is 4.33. The van der Waals surface area contributed by atoms with Crippen molar-refractivity contribution in [1.82, 2.24) is 5.32 Å². The van der Waals surface area contributed by atoms with Crippen molar-refractivity contribution in [2.45, 2.75) is 6.42 Å². The number of hydrogen-bond acceptors (Lipinski definition) is 4. The first-order chi connectivity index (χ1) is 9.15. The summed E-state index contributed by atoms with van der Waals surface area (Å²) < 4.78 is 17.7. The van der Waals surface area contributed by atoms with Gasteiger partial charge in [0.2, 0.25) is 5.91 Å². The highest BCUT2D eigenvalue weighted by Gasteiger charge is 2.25. The summed E-state index contributed by atoms with van der Waals surface area (Å²) in [6, 6.07) is 5.46. The van der Waals surface area contributed by atoms with Crippen LogP contribution in [0.3, 0.4) is 0 Å². The Morgan fingerprint density at radius 2 is 2.16 bits per heavy atom. The minimum atomic E-state index is -0.483. The maximum Gasteiger partial charge on any atom is 0.310 e. The van der Waals surface area contributed by atoms with E-state index >= 15 is 0 Å². The molecule has 1 heterocycles. The lowest BCUT2D eigenvalue weighted by Crippen LogP contribution is -2.29. The van der Waals surface area contributed by atoms with Crippen LogP contribution in [-0.2, 0) is 14.3 Å². The van der Waals surface area contributed by atoms with Crippen LogP contribution >= 0.6 is 0 Å². The predicted molar refractivity (Wildman–Crippen MR) is 67.0 cm³/mol. The fourth-order valence-electron chi connectivity index (χ4n) is 1.83. The van der Waals surface area contributed by atoms with Gasteiger partial charge in [0.1, 0.15) is 12.4 Å². The van der Waals surface area contributed by atoms with Gasteiger partial charge in [0.15, 0.2) is 0 Å². The molecule has 1 unspecified atom stereocenters. The van der Waals surface area contributed by atoms with Gasteiger partial charge < -0.3 is 15.4 Å². The van der Waals surface area contributed by atoms with Gasteiger partial charge in [-0.2, -0.15) is 0 Å². The number of carbonyl (C=O) groups excluding carboxylic acids is 2. The normalized spacial score (nSPS) is 19.4. The number of anilines is 1. The van der Waals surface area contributed by atoms with Gasteiger partial charge in [-0.05, 0) is 24.3 Å². The van der Waals surface area contributed by atoms with Crippen molar-refractivity contribution in [3.05, 3.63) is 30.1 Å². The molecule has 0 aromatic heterocycles. The highest BCUT2D eigenvalue weighted by molar-refractivity contribution is 5.93. The summed E-state index contributed by atoms with van der Waals surface area (Å²) in [5.41, 5.74) is 0.501. The number of carbonyl (C=O) groups is 2. The van der Waals surface area contributed by atoms with E-state index in [0.717, 1.165) is 0 Å². The van der Waals surface area contributed by atoms with Crippen LogP contribution in [0.15, 0.2) is 24.3 Å². The van der Waals surface area contributed by atoms with Gasteiger partial charge in [-0.1, -0.05) is 0 Å². The molecule has 1 aliphatic heterocycles. The Bertz CT molecular complexity index is 461. The Morgan fingerprint density at radius 1 is 1.42 bits per heavy atom. The Morgan fingerprint density at radius 3 is 2.89 bits per heavy atom. The summed E-state index contributed by atoms with van der Waals surface area (Å²) >= 11 is 0. The van der Waals surface area contributed by atoms with E-state index in [1.807, 2.05) is 0 Å². The van der Waals surface area contributed by atoms with Crippen molar-refractivity contribution >= 4 is 17.6 Å². The third-order valence-electron chi connectivity index (χ3n) is 2.81. The molecule has 0 aliphatic carbocycles. The minimum Gasteiger partial charge on any atom is -0.464 e. The van der Waals surface area contributed by atoms with E-state index in [-0.39, 0.29) is 24.1 Å². The number of hydrogen-bond donors (Lipinski definition) is 2. The summed E-state index contributed by atoms with van der Waals surface area (Å²) in [7, 11) is 0. The third-order valence-corrected chi connectivity index (χ3v) is 2.81. The molecular formula is C13H15FN2O3. The fourth-order valence-corrected chi connectivity index (χ4v) is 1.83. The predicted octanol–water partition coefficient (Wildman–Crippen LogP) is 0.917. The highest BCUT2D eigenvalue weighted by atomic mass is 19.1. The highest BCUT2D eigenvalue weighted by Crippen LogP contribution is 2.12. The molecule has 1 amide bonds. The number of benzene rings is 1. The van der Waals surface area contributed by atoms with Crippen LogP contribution in [0.4, 0.5) is 10.1 Å². The van der Waals surface area contributed by atoms with E-state index in [0.29, 0.717) is 25.4 Å². The monoisotopic (exact) mass is 266 g/mol. The molecule has 102 valence electrons. The molecular weight excluding hydrogens is 251 g/mol. The van der Waals surface area contributed by atoms with Crippen LogP contribution in [0.1, 0.15) is 6.42 Å². The zero-order chi connectivity index (χ0) is 13.7. The van der Waals surface area contributed by atoms with Crippen LogP contribution in [0.25, 0.3) is 0 Å². The Balaban J connectivity index is 1.89.